The molecule has 15 heteroatoms. The molecule has 31 heavy (non-hydrogen) atoms. The molecule has 0 aromatic carbocycles. The number of carboxylic acid groups (broad SMARTS) is 2. The number of aliphatic carboxylic acids is 2. The molecule has 10 atom stereocenters. The van der Waals surface area contributed by atoms with Crippen LogP contribution in [-0.2, 0) is 23.8 Å². The molecule has 0 aromatic rings. The lowest BCUT2D eigenvalue weighted by Crippen LogP contribution is -2.67. The minimum absolute atomic E-state index is 0.957. The standard InChI is InChI=1S/C16H26O15/c17-3-6(20)11-9(22)5(19)1-16(31-11,14(26)27)29-8-2-15(28,13(24)25)30-12(10(8)23)7(21)4-18/h5-12,17-23,28H,1-4H2,(H,24,25)(H,26,27)/t5-,6-,7-,8-,9-,10-,11-,12-,15-,16-/m1/s1. The number of aliphatic hydroxyl groups is 8. The van der Waals surface area contributed by atoms with E-state index < -0.39 is 98.4 Å². The summed E-state index contributed by atoms with van der Waals surface area (Å²) in [5.74, 6) is -9.83. The highest BCUT2D eigenvalue weighted by Gasteiger charge is 2.59. The molecule has 2 aliphatic heterocycles. The van der Waals surface area contributed by atoms with Gasteiger partial charge in [0.05, 0.1) is 25.4 Å². The van der Waals surface area contributed by atoms with Crippen LogP contribution in [-0.4, -0.2) is 137 Å². The highest BCUT2D eigenvalue weighted by atomic mass is 16.7. The van der Waals surface area contributed by atoms with E-state index in [1.807, 2.05) is 0 Å². The molecule has 0 amide bonds. The number of hydrogen-bond donors (Lipinski definition) is 10. The first kappa shape index (κ1) is 25.8. The van der Waals surface area contributed by atoms with Crippen LogP contribution in [0.25, 0.3) is 0 Å². The highest BCUT2D eigenvalue weighted by molar-refractivity contribution is 5.76. The van der Waals surface area contributed by atoms with E-state index in [1.54, 1.807) is 0 Å². The third kappa shape index (κ3) is 4.96. The Morgan fingerprint density at radius 2 is 1.42 bits per heavy atom. The van der Waals surface area contributed by atoms with Crippen molar-refractivity contribution in [1.82, 2.24) is 0 Å². The third-order valence-corrected chi connectivity index (χ3v) is 5.20. The summed E-state index contributed by atoms with van der Waals surface area (Å²) in [6, 6.07) is 0. The molecule has 0 bridgehead atoms. The fraction of sp³-hybridized carbons (Fsp3) is 0.875. The van der Waals surface area contributed by atoms with Gasteiger partial charge in [-0.25, -0.2) is 9.59 Å². The van der Waals surface area contributed by atoms with Gasteiger partial charge in [-0.1, -0.05) is 0 Å². The summed E-state index contributed by atoms with van der Waals surface area (Å²) in [5.41, 5.74) is 0. The second-order valence-electron chi connectivity index (χ2n) is 7.43. The Morgan fingerprint density at radius 3 is 1.87 bits per heavy atom. The molecule has 0 spiro atoms. The van der Waals surface area contributed by atoms with Crippen LogP contribution in [0.4, 0.5) is 0 Å². The van der Waals surface area contributed by atoms with Crippen molar-refractivity contribution in [1.29, 1.82) is 0 Å². The molecular weight excluding hydrogens is 432 g/mol. The quantitative estimate of drug-likeness (QED) is 0.162. The molecule has 2 heterocycles. The van der Waals surface area contributed by atoms with Gasteiger partial charge in [0.25, 0.3) is 11.6 Å². The highest BCUT2D eigenvalue weighted by Crippen LogP contribution is 2.38. The lowest BCUT2D eigenvalue weighted by molar-refractivity contribution is -0.369. The number of aliphatic hydroxyl groups excluding tert-OH is 7. The van der Waals surface area contributed by atoms with Gasteiger partial charge in [0.15, 0.2) is 0 Å². The van der Waals surface area contributed by atoms with Crippen molar-refractivity contribution >= 4 is 11.9 Å². The van der Waals surface area contributed by atoms with E-state index in [4.69, 9.17) is 24.4 Å². The van der Waals surface area contributed by atoms with Crippen molar-refractivity contribution in [3.05, 3.63) is 0 Å². The second-order valence-corrected chi connectivity index (χ2v) is 7.43. The van der Waals surface area contributed by atoms with E-state index in [9.17, 15) is 50.4 Å². The Bertz CT molecular complexity index is 659. The molecule has 2 aliphatic rings. The summed E-state index contributed by atoms with van der Waals surface area (Å²) in [6.45, 7) is -2.02. The zero-order valence-corrected chi connectivity index (χ0v) is 16.0. The Balaban J connectivity index is 2.41. The number of carbonyl (C=O) groups is 2. The monoisotopic (exact) mass is 458 g/mol. The molecule has 0 aliphatic carbocycles. The van der Waals surface area contributed by atoms with Crippen LogP contribution in [0.2, 0.25) is 0 Å². The van der Waals surface area contributed by atoms with Crippen LogP contribution in [0.3, 0.4) is 0 Å². The lowest BCUT2D eigenvalue weighted by atomic mass is 9.90. The smallest absolute Gasteiger partial charge is 0.364 e. The van der Waals surface area contributed by atoms with Crippen LogP contribution in [0.1, 0.15) is 12.8 Å². The third-order valence-electron chi connectivity index (χ3n) is 5.20. The Morgan fingerprint density at radius 1 is 0.903 bits per heavy atom. The fourth-order valence-electron chi connectivity index (χ4n) is 3.48. The summed E-state index contributed by atoms with van der Waals surface area (Å²) < 4.78 is 15.2. The van der Waals surface area contributed by atoms with E-state index in [0.29, 0.717) is 0 Å². The topological polar surface area (TPSA) is 264 Å². The van der Waals surface area contributed by atoms with E-state index in [2.05, 4.69) is 0 Å². The van der Waals surface area contributed by atoms with Crippen LogP contribution < -0.4 is 0 Å². The van der Waals surface area contributed by atoms with E-state index >= 15 is 0 Å². The van der Waals surface area contributed by atoms with Gasteiger partial charge in [-0.2, -0.15) is 0 Å². The molecule has 2 rings (SSSR count). The molecule has 2 fully saturated rings. The molecule has 0 saturated carbocycles. The van der Waals surface area contributed by atoms with Gasteiger partial charge in [0.2, 0.25) is 0 Å². The summed E-state index contributed by atoms with van der Waals surface area (Å²) in [7, 11) is 0. The van der Waals surface area contributed by atoms with E-state index in [1.165, 1.54) is 0 Å². The maximum absolute atomic E-state index is 12.0. The number of carboxylic acids is 2. The molecular formula is C16H26O15. The predicted octanol–water partition coefficient (Wildman–Crippen LogP) is -5.71. The summed E-state index contributed by atoms with van der Waals surface area (Å²) in [5, 5.41) is 97.4. The van der Waals surface area contributed by atoms with Gasteiger partial charge in [-0.3, -0.25) is 0 Å². The summed E-state index contributed by atoms with van der Waals surface area (Å²) >= 11 is 0. The minimum atomic E-state index is -3.07. The molecule has 2 saturated heterocycles. The second kappa shape index (κ2) is 9.55. The van der Waals surface area contributed by atoms with Crippen LogP contribution in [0.15, 0.2) is 0 Å². The first-order valence-corrected chi connectivity index (χ1v) is 9.16. The van der Waals surface area contributed by atoms with Gasteiger partial charge in [-0.15, -0.1) is 0 Å². The van der Waals surface area contributed by atoms with Gasteiger partial charge >= 0.3 is 11.9 Å². The predicted molar refractivity (Wildman–Crippen MR) is 91.0 cm³/mol. The Hall–Kier alpha value is -1.50. The zero-order chi connectivity index (χ0) is 23.7. The normalized spacial score (nSPS) is 43.2. The molecule has 0 radical (unpaired) electrons. The molecule has 10 N–H and O–H groups in total. The minimum Gasteiger partial charge on any atom is -0.477 e. The summed E-state index contributed by atoms with van der Waals surface area (Å²) in [4.78, 5) is 23.4. The zero-order valence-electron chi connectivity index (χ0n) is 16.0. The van der Waals surface area contributed by atoms with Crippen molar-refractivity contribution in [2.45, 2.75) is 73.2 Å². The Kier molecular flexibility index (Phi) is 7.94. The van der Waals surface area contributed by atoms with Gasteiger partial charge in [-0.05, 0) is 0 Å². The lowest BCUT2D eigenvalue weighted by Gasteiger charge is -2.48. The van der Waals surface area contributed by atoms with Crippen molar-refractivity contribution in [2.75, 3.05) is 13.2 Å². The molecule has 180 valence electrons. The van der Waals surface area contributed by atoms with E-state index in [0.717, 1.165) is 0 Å². The molecule has 15 nitrogen and oxygen atoms in total. The maximum atomic E-state index is 12.0. The Labute approximate surface area is 174 Å². The largest absolute Gasteiger partial charge is 0.477 e. The van der Waals surface area contributed by atoms with E-state index in [-0.39, 0.29) is 0 Å². The van der Waals surface area contributed by atoms with Crippen molar-refractivity contribution in [2.24, 2.45) is 0 Å². The average molecular weight is 458 g/mol. The van der Waals surface area contributed by atoms with Gasteiger partial charge < -0.3 is 65.3 Å². The van der Waals surface area contributed by atoms with Crippen molar-refractivity contribution < 1.29 is 74.9 Å². The number of ether oxygens (including phenoxy) is 3. The maximum Gasteiger partial charge on any atom is 0.364 e. The average Bonchev–Trinajstić information content (AvgIpc) is 2.71. The molecule has 0 aromatic heterocycles. The number of rotatable bonds is 8. The van der Waals surface area contributed by atoms with Crippen molar-refractivity contribution in [3.8, 4) is 0 Å². The number of hydrogen-bond acceptors (Lipinski definition) is 13. The molecule has 0 unspecified atom stereocenters. The van der Waals surface area contributed by atoms with Crippen molar-refractivity contribution in [3.63, 3.8) is 0 Å². The van der Waals surface area contributed by atoms with Gasteiger partial charge in [0, 0.05) is 12.8 Å². The summed E-state index contributed by atoms with van der Waals surface area (Å²) in [6.07, 6.45) is -17.2. The fourth-order valence-corrected chi connectivity index (χ4v) is 3.48. The van der Waals surface area contributed by atoms with Gasteiger partial charge in [0.1, 0.15) is 36.6 Å². The first-order valence-electron chi connectivity index (χ1n) is 9.16. The first-order chi connectivity index (χ1) is 14.3. The van der Waals surface area contributed by atoms with Crippen LogP contribution >= 0.6 is 0 Å². The SMILES string of the molecule is O=C(O)[C@@]1(O[C@@H]2C[C@](O)(C(=O)O)O[C@H]([C@H](O)CO)[C@@H]2O)C[C@@H](O)[C@@H](O)[C@@H]([C@H](O)CO)O1. The van der Waals surface area contributed by atoms with Crippen LogP contribution in [0.5, 0.6) is 0 Å². The van der Waals surface area contributed by atoms with Crippen LogP contribution in [0, 0.1) is 0 Å².